The summed E-state index contributed by atoms with van der Waals surface area (Å²) in [5.74, 6) is 0.0535. The maximum absolute atomic E-state index is 14.2. The number of nitriles is 1. The van der Waals surface area contributed by atoms with Gasteiger partial charge in [-0.2, -0.15) is 18.4 Å². The molecular weight excluding hydrogens is 521 g/mol. The number of Topliss-reactive ketones (excluding diaryl/α,β-unsaturated/α-hetero) is 1. The van der Waals surface area contributed by atoms with E-state index in [9.17, 15) is 32.8 Å². The van der Waals surface area contributed by atoms with E-state index >= 15 is 0 Å². The number of carbonyl (C=O) groups is 3. The van der Waals surface area contributed by atoms with Crippen molar-refractivity contribution in [3.8, 4) is 6.07 Å². The number of hydrogen-bond acceptors (Lipinski definition) is 4. The van der Waals surface area contributed by atoms with Gasteiger partial charge in [-0.05, 0) is 60.6 Å². The monoisotopic (exact) mass is 550 g/mol. The van der Waals surface area contributed by atoms with Gasteiger partial charge in [0.15, 0.2) is 5.78 Å². The predicted octanol–water partition coefficient (Wildman–Crippen LogP) is 5.68. The number of carbonyl (C=O) groups excluding carboxylic acids is 3. The molecular formula is C30H29F3N4O3. The van der Waals surface area contributed by atoms with Crippen LogP contribution >= 0.6 is 0 Å². The summed E-state index contributed by atoms with van der Waals surface area (Å²) in [5.41, 5.74) is 0.657. The van der Waals surface area contributed by atoms with Crippen molar-refractivity contribution < 1.29 is 27.6 Å². The summed E-state index contributed by atoms with van der Waals surface area (Å²) in [4.78, 5) is 45.4. The molecule has 3 aliphatic rings. The Morgan fingerprint density at radius 1 is 1.02 bits per heavy atom. The highest BCUT2D eigenvalue weighted by Gasteiger charge is 2.46. The first-order valence-electron chi connectivity index (χ1n) is 13.3. The predicted molar refractivity (Wildman–Crippen MR) is 141 cm³/mol. The second-order valence-electron chi connectivity index (χ2n) is 10.8. The van der Waals surface area contributed by atoms with E-state index < -0.39 is 23.8 Å². The van der Waals surface area contributed by atoms with Gasteiger partial charge in [-0.15, -0.1) is 0 Å². The van der Waals surface area contributed by atoms with Crippen LogP contribution in [0.5, 0.6) is 0 Å². The number of rotatable bonds is 4. The molecule has 2 heterocycles. The minimum atomic E-state index is -4.63. The van der Waals surface area contributed by atoms with E-state index in [-0.39, 0.29) is 42.2 Å². The van der Waals surface area contributed by atoms with Gasteiger partial charge in [-0.3, -0.25) is 14.5 Å². The van der Waals surface area contributed by atoms with Crippen LogP contribution in [-0.4, -0.2) is 47.2 Å². The number of allylic oxidation sites excluding steroid dienone is 1. The fraction of sp³-hybridized carbons (Fsp3) is 0.400. The number of nitrogens with zero attached hydrogens (tertiary/aromatic N) is 4. The maximum atomic E-state index is 14.2. The minimum Gasteiger partial charge on any atom is -0.341 e. The molecule has 2 aliphatic heterocycles. The highest BCUT2D eigenvalue weighted by atomic mass is 19.4. The molecule has 0 N–H and O–H groups in total. The number of alkyl halides is 3. The lowest BCUT2D eigenvalue weighted by molar-refractivity contribution is -0.137. The summed E-state index contributed by atoms with van der Waals surface area (Å²) < 4.78 is 40.8. The Balaban J connectivity index is 1.65. The van der Waals surface area contributed by atoms with Crippen molar-refractivity contribution in [2.24, 2.45) is 11.8 Å². The smallest absolute Gasteiger partial charge is 0.341 e. The molecule has 7 nitrogen and oxygen atoms in total. The van der Waals surface area contributed by atoms with Gasteiger partial charge in [0.05, 0.1) is 28.9 Å². The quantitative estimate of drug-likeness (QED) is 0.490. The number of amides is 3. The van der Waals surface area contributed by atoms with Crippen LogP contribution < -0.4 is 4.90 Å². The third-order valence-electron chi connectivity index (χ3n) is 8.15. The highest BCUT2D eigenvalue weighted by molar-refractivity contribution is 6.07. The molecule has 0 aromatic heterocycles. The summed E-state index contributed by atoms with van der Waals surface area (Å²) in [5, 5.41) is 9.27. The Morgan fingerprint density at radius 3 is 2.33 bits per heavy atom. The van der Waals surface area contributed by atoms with Crippen molar-refractivity contribution in [1.29, 1.82) is 5.26 Å². The van der Waals surface area contributed by atoms with E-state index in [1.165, 1.54) is 21.9 Å². The molecule has 2 aromatic carbocycles. The Morgan fingerprint density at radius 2 is 1.70 bits per heavy atom. The van der Waals surface area contributed by atoms with Gasteiger partial charge in [0.25, 0.3) is 0 Å². The first-order valence-corrected chi connectivity index (χ1v) is 13.3. The van der Waals surface area contributed by atoms with E-state index in [2.05, 4.69) is 13.8 Å². The van der Waals surface area contributed by atoms with Gasteiger partial charge in [-0.1, -0.05) is 32.0 Å². The second-order valence-corrected chi connectivity index (χ2v) is 10.8. The van der Waals surface area contributed by atoms with E-state index in [1.807, 2.05) is 6.07 Å². The minimum absolute atomic E-state index is 0.0128. The molecule has 0 spiro atoms. The highest BCUT2D eigenvalue weighted by Crippen LogP contribution is 2.45. The van der Waals surface area contributed by atoms with Crippen LogP contribution in [0.3, 0.4) is 0 Å². The van der Waals surface area contributed by atoms with Crippen molar-refractivity contribution in [2.45, 2.75) is 45.3 Å². The molecule has 3 atom stereocenters. The number of benzene rings is 2. The van der Waals surface area contributed by atoms with Crippen molar-refractivity contribution in [1.82, 2.24) is 9.80 Å². The fourth-order valence-corrected chi connectivity index (χ4v) is 5.81. The van der Waals surface area contributed by atoms with E-state index in [4.69, 9.17) is 0 Å². The lowest BCUT2D eigenvalue weighted by Crippen LogP contribution is -2.54. The SMILES string of the molecule is CC1CN(C(=O)CN2C(=O)N(c3cccc(C(F)(F)F)c3)C3=C(C(=O)CCC3)C2c2ccc(C#N)cc2)CC1C. The van der Waals surface area contributed by atoms with Crippen LogP contribution in [0.25, 0.3) is 0 Å². The van der Waals surface area contributed by atoms with Crippen molar-refractivity contribution in [2.75, 3.05) is 24.5 Å². The Bertz CT molecular complexity index is 1420. The summed E-state index contributed by atoms with van der Waals surface area (Å²) in [7, 11) is 0. The third-order valence-corrected chi connectivity index (χ3v) is 8.15. The average molecular weight is 551 g/mol. The van der Waals surface area contributed by atoms with E-state index in [0.717, 1.165) is 12.1 Å². The summed E-state index contributed by atoms with van der Waals surface area (Å²) in [6.45, 7) is 4.83. The topological polar surface area (TPSA) is 84.7 Å². The largest absolute Gasteiger partial charge is 0.416 e. The van der Waals surface area contributed by atoms with Gasteiger partial charge < -0.3 is 9.80 Å². The van der Waals surface area contributed by atoms with Crippen LogP contribution in [0.15, 0.2) is 59.8 Å². The van der Waals surface area contributed by atoms with Crippen LogP contribution in [0.1, 0.15) is 55.8 Å². The fourth-order valence-electron chi connectivity index (χ4n) is 5.81. The molecule has 3 amide bonds. The first-order chi connectivity index (χ1) is 19.0. The number of hydrogen-bond donors (Lipinski definition) is 0. The Labute approximate surface area is 230 Å². The number of anilines is 1. The number of likely N-dealkylation sites (tertiary alicyclic amines) is 1. The summed E-state index contributed by atoms with van der Waals surface area (Å²) in [6, 6.07) is 11.4. The van der Waals surface area contributed by atoms with Gasteiger partial charge in [0.1, 0.15) is 6.54 Å². The third kappa shape index (κ3) is 4.96. The number of halogens is 3. The normalized spacial score (nSPS) is 23.4. The average Bonchev–Trinajstić information content (AvgIpc) is 3.27. The summed E-state index contributed by atoms with van der Waals surface area (Å²) >= 11 is 0. The maximum Gasteiger partial charge on any atom is 0.416 e. The number of urea groups is 1. The molecule has 0 radical (unpaired) electrons. The standard InChI is InChI=1S/C30H29F3N4O3/c1-18-15-35(16-19(18)2)26(39)17-36-28(21-11-9-20(14-34)10-12-21)27-24(7-4-8-25(27)38)37(29(36)40)23-6-3-5-22(13-23)30(31,32)33/h3,5-6,9-13,18-19,28H,4,7-8,15-17H2,1-2H3. The lowest BCUT2D eigenvalue weighted by Gasteiger charge is -2.45. The molecule has 1 aliphatic carbocycles. The van der Waals surface area contributed by atoms with Gasteiger partial charge in [0, 0.05) is 30.8 Å². The zero-order valence-electron chi connectivity index (χ0n) is 22.2. The number of ketones is 1. The Hall–Kier alpha value is -4.13. The van der Waals surface area contributed by atoms with Gasteiger partial charge in [0.2, 0.25) is 5.91 Å². The van der Waals surface area contributed by atoms with Crippen molar-refractivity contribution >= 4 is 23.4 Å². The van der Waals surface area contributed by atoms with Gasteiger partial charge in [-0.25, -0.2) is 4.79 Å². The van der Waals surface area contributed by atoms with Crippen molar-refractivity contribution in [3.63, 3.8) is 0 Å². The van der Waals surface area contributed by atoms with E-state index in [1.54, 1.807) is 29.2 Å². The molecule has 10 heteroatoms. The molecule has 0 bridgehead atoms. The van der Waals surface area contributed by atoms with Crippen LogP contribution in [0.2, 0.25) is 0 Å². The Kier molecular flexibility index (Phi) is 7.17. The van der Waals surface area contributed by atoms with Crippen LogP contribution in [0.4, 0.5) is 23.7 Å². The second kappa shape index (κ2) is 10.5. The molecule has 5 rings (SSSR count). The molecule has 40 heavy (non-hydrogen) atoms. The molecule has 3 unspecified atom stereocenters. The molecule has 2 aromatic rings. The lowest BCUT2D eigenvalue weighted by atomic mass is 9.83. The van der Waals surface area contributed by atoms with Crippen LogP contribution in [0, 0.1) is 23.2 Å². The van der Waals surface area contributed by atoms with Gasteiger partial charge >= 0.3 is 12.2 Å². The zero-order valence-corrected chi connectivity index (χ0v) is 22.2. The first kappa shape index (κ1) is 27.4. The zero-order chi connectivity index (χ0) is 28.8. The van der Waals surface area contributed by atoms with Crippen molar-refractivity contribution in [3.05, 3.63) is 76.5 Å². The van der Waals surface area contributed by atoms with E-state index in [0.29, 0.717) is 48.3 Å². The molecule has 1 fully saturated rings. The van der Waals surface area contributed by atoms with Crippen LogP contribution in [-0.2, 0) is 15.8 Å². The molecule has 0 saturated carbocycles. The molecule has 1 saturated heterocycles. The summed E-state index contributed by atoms with van der Waals surface area (Å²) in [6.07, 6.45) is -3.64. The molecule has 208 valence electrons.